The molecule has 0 aliphatic carbocycles. The molecule has 3 aromatic carbocycles. The van der Waals surface area contributed by atoms with Gasteiger partial charge in [0.15, 0.2) is 5.76 Å². The molecule has 0 saturated heterocycles. The number of carbonyl (C=O) groups is 2. The zero-order valence-electron chi connectivity index (χ0n) is 18.9. The minimum absolute atomic E-state index is 0.0881. The Morgan fingerprint density at radius 2 is 1.59 bits per heavy atom. The summed E-state index contributed by atoms with van der Waals surface area (Å²) < 4.78 is 44.6. The van der Waals surface area contributed by atoms with Crippen LogP contribution in [0.15, 0.2) is 95.4 Å². The maximum Gasteiger partial charge on any atom is 0.416 e. The summed E-state index contributed by atoms with van der Waals surface area (Å²) >= 11 is 0. The fourth-order valence-corrected chi connectivity index (χ4v) is 3.91. The van der Waals surface area contributed by atoms with Gasteiger partial charge in [0.2, 0.25) is 0 Å². The van der Waals surface area contributed by atoms with Gasteiger partial charge in [-0.05, 0) is 48.5 Å². The molecule has 0 saturated carbocycles. The zero-order valence-corrected chi connectivity index (χ0v) is 18.9. The molecule has 0 radical (unpaired) electrons. The number of hydrogen-bond acceptors (Lipinski definition) is 4. The normalized spacial score (nSPS) is 11.4. The van der Waals surface area contributed by atoms with Crippen molar-refractivity contribution in [1.29, 1.82) is 0 Å². The van der Waals surface area contributed by atoms with Crippen LogP contribution in [-0.4, -0.2) is 22.0 Å². The Balaban J connectivity index is 1.40. The van der Waals surface area contributed by atoms with E-state index in [-0.39, 0.29) is 22.6 Å². The average molecular weight is 502 g/mol. The Hall–Kier alpha value is -4.92. The highest BCUT2D eigenvalue weighted by Gasteiger charge is 2.30. The van der Waals surface area contributed by atoms with Gasteiger partial charge in [0.25, 0.3) is 5.91 Å². The lowest BCUT2D eigenvalue weighted by Gasteiger charge is -2.09. The molecule has 2 heterocycles. The second kappa shape index (κ2) is 9.27. The Morgan fingerprint density at radius 3 is 2.38 bits per heavy atom. The van der Waals surface area contributed by atoms with Crippen molar-refractivity contribution in [3.05, 3.63) is 108 Å². The Kier molecular flexibility index (Phi) is 5.96. The minimum atomic E-state index is -4.50. The molecule has 0 fully saturated rings. The van der Waals surface area contributed by atoms with Crippen molar-refractivity contribution in [1.82, 2.24) is 4.98 Å². The number of aromatic carboxylic acids is 1. The number of alkyl halides is 3. The van der Waals surface area contributed by atoms with Gasteiger partial charge >= 0.3 is 12.1 Å². The molecule has 5 rings (SSSR count). The van der Waals surface area contributed by atoms with Crippen molar-refractivity contribution in [2.24, 2.45) is 0 Å². The number of carboxylic acid groups (broad SMARTS) is 1. The first-order chi connectivity index (χ1) is 17.7. The van der Waals surface area contributed by atoms with Crippen LogP contribution in [0.3, 0.4) is 0 Å². The maximum absolute atomic E-state index is 13.0. The number of carboxylic acids is 1. The molecule has 0 spiro atoms. The van der Waals surface area contributed by atoms with Crippen LogP contribution < -0.4 is 5.32 Å². The fourth-order valence-electron chi connectivity index (χ4n) is 3.91. The molecule has 0 unspecified atom stereocenters. The van der Waals surface area contributed by atoms with Crippen molar-refractivity contribution in [3.63, 3.8) is 0 Å². The number of amides is 1. The third kappa shape index (κ3) is 4.92. The van der Waals surface area contributed by atoms with Gasteiger partial charge in [-0.2, -0.15) is 13.2 Å². The molecular formula is C28H17F3N2O4. The predicted molar refractivity (Wildman–Crippen MR) is 131 cm³/mol. The summed E-state index contributed by atoms with van der Waals surface area (Å²) in [6.07, 6.45) is -4.50. The van der Waals surface area contributed by atoms with E-state index in [0.717, 1.165) is 12.1 Å². The van der Waals surface area contributed by atoms with Crippen LogP contribution in [0, 0.1) is 0 Å². The van der Waals surface area contributed by atoms with E-state index in [1.807, 2.05) is 0 Å². The van der Waals surface area contributed by atoms with Crippen LogP contribution in [0.5, 0.6) is 0 Å². The summed E-state index contributed by atoms with van der Waals surface area (Å²) in [6, 6.07) is 22.5. The third-order valence-electron chi connectivity index (χ3n) is 5.67. The molecule has 5 aromatic rings. The first-order valence-corrected chi connectivity index (χ1v) is 11.0. The third-order valence-corrected chi connectivity index (χ3v) is 5.67. The van der Waals surface area contributed by atoms with Crippen molar-refractivity contribution < 1.29 is 32.3 Å². The number of fused-ring (bicyclic) bond motifs is 1. The van der Waals surface area contributed by atoms with Gasteiger partial charge in [0.05, 0.1) is 22.3 Å². The van der Waals surface area contributed by atoms with Crippen LogP contribution in [0.1, 0.15) is 26.5 Å². The number of furan rings is 1. The van der Waals surface area contributed by atoms with E-state index in [1.165, 1.54) is 30.3 Å². The lowest BCUT2D eigenvalue weighted by atomic mass is 10.0. The monoisotopic (exact) mass is 502 g/mol. The molecule has 0 aliphatic heterocycles. The zero-order chi connectivity index (χ0) is 26.2. The predicted octanol–water partition coefficient (Wildman–Crippen LogP) is 7.13. The quantitative estimate of drug-likeness (QED) is 0.267. The standard InChI is InChI=1S/C28H17F3N2O4/c29-28(30,31)18-7-3-6-17(13-18)24-11-12-25(37-24)26(34)32-19-8-4-5-16(14-19)23-15-21(27(35)36)20-9-1-2-10-22(20)33-23/h1-15H,(H,32,34)(H,35,36). The maximum atomic E-state index is 13.0. The van der Waals surface area contributed by atoms with Gasteiger partial charge in [-0.15, -0.1) is 0 Å². The fraction of sp³-hybridized carbons (Fsp3) is 0.0357. The van der Waals surface area contributed by atoms with E-state index in [4.69, 9.17) is 4.42 Å². The van der Waals surface area contributed by atoms with E-state index in [1.54, 1.807) is 48.5 Å². The number of nitrogens with zero attached hydrogens (tertiary/aromatic N) is 1. The van der Waals surface area contributed by atoms with E-state index >= 15 is 0 Å². The van der Waals surface area contributed by atoms with E-state index < -0.39 is 23.6 Å². The van der Waals surface area contributed by atoms with E-state index in [9.17, 15) is 27.9 Å². The van der Waals surface area contributed by atoms with Gasteiger partial charge in [0, 0.05) is 22.2 Å². The first kappa shape index (κ1) is 23.8. The number of carbonyl (C=O) groups excluding carboxylic acids is 1. The summed E-state index contributed by atoms with van der Waals surface area (Å²) in [6.45, 7) is 0. The average Bonchev–Trinajstić information content (AvgIpc) is 3.38. The molecule has 184 valence electrons. The Morgan fingerprint density at radius 1 is 0.838 bits per heavy atom. The number of hydrogen-bond donors (Lipinski definition) is 2. The number of halogens is 3. The second-order valence-corrected chi connectivity index (χ2v) is 8.15. The number of anilines is 1. The van der Waals surface area contributed by atoms with E-state index in [2.05, 4.69) is 10.3 Å². The highest BCUT2D eigenvalue weighted by atomic mass is 19.4. The van der Waals surface area contributed by atoms with Gasteiger partial charge in [-0.25, -0.2) is 9.78 Å². The largest absolute Gasteiger partial charge is 0.478 e. The van der Waals surface area contributed by atoms with Crippen LogP contribution in [0.4, 0.5) is 18.9 Å². The number of nitrogens with one attached hydrogen (secondary N) is 1. The minimum Gasteiger partial charge on any atom is -0.478 e. The lowest BCUT2D eigenvalue weighted by Crippen LogP contribution is -2.10. The molecule has 1 amide bonds. The SMILES string of the molecule is O=C(Nc1cccc(-c2cc(C(=O)O)c3ccccc3n2)c1)c1ccc(-c2cccc(C(F)(F)F)c2)o1. The van der Waals surface area contributed by atoms with Crippen LogP contribution >= 0.6 is 0 Å². The second-order valence-electron chi connectivity index (χ2n) is 8.15. The lowest BCUT2D eigenvalue weighted by molar-refractivity contribution is -0.137. The van der Waals surface area contributed by atoms with Gasteiger partial charge < -0.3 is 14.8 Å². The highest BCUT2D eigenvalue weighted by Crippen LogP contribution is 2.33. The summed E-state index contributed by atoms with van der Waals surface area (Å²) in [5.74, 6) is -1.66. The van der Waals surface area contributed by atoms with Gasteiger partial charge in [-0.3, -0.25) is 4.79 Å². The molecule has 0 aliphatic rings. The molecule has 2 aromatic heterocycles. The summed E-state index contributed by atoms with van der Waals surface area (Å²) in [5.41, 5.74) is 1.38. The molecule has 37 heavy (non-hydrogen) atoms. The Labute approximate surface area is 208 Å². The van der Waals surface area contributed by atoms with Crippen molar-refractivity contribution in [2.45, 2.75) is 6.18 Å². The van der Waals surface area contributed by atoms with Crippen LogP contribution in [0.2, 0.25) is 0 Å². The molecule has 2 N–H and O–H groups in total. The number of rotatable bonds is 5. The van der Waals surface area contributed by atoms with Gasteiger partial charge in [-0.1, -0.05) is 42.5 Å². The molecule has 9 heteroatoms. The van der Waals surface area contributed by atoms with Crippen molar-refractivity contribution in [2.75, 3.05) is 5.32 Å². The van der Waals surface area contributed by atoms with Crippen LogP contribution in [-0.2, 0) is 6.18 Å². The number of para-hydroxylation sites is 1. The summed E-state index contributed by atoms with van der Waals surface area (Å²) in [4.78, 5) is 29.1. The summed E-state index contributed by atoms with van der Waals surface area (Å²) in [5, 5.41) is 12.8. The number of pyridine rings is 1. The smallest absolute Gasteiger partial charge is 0.416 e. The molecule has 0 bridgehead atoms. The molecular weight excluding hydrogens is 485 g/mol. The van der Waals surface area contributed by atoms with E-state index in [0.29, 0.717) is 27.8 Å². The topological polar surface area (TPSA) is 92.4 Å². The highest BCUT2D eigenvalue weighted by molar-refractivity contribution is 6.04. The Bertz CT molecular complexity index is 1660. The number of aromatic nitrogens is 1. The van der Waals surface area contributed by atoms with Crippen LogP contribution in [0.25, 0.3) is 33.5 Å². The van der Waals surface area contributed by atoms with Crippen molar-refractivity contribution >= 4 is 28.5 Å². The molecule has 6 nitrogen and oxygen atoms in total. The summed E-state index contributed by atoms with van der Waals surface area (Å²) in [7, 11) is 0. The molecule has 0 atom stereocenters. The first-order valence-electron chi connectivity index (χ1n) is 11.0. The van der Waals surface area contributed by atoms with Crippen molar-refractivity contribution in [3.8, 4) is 22.6 Å². The van der Waals surface area contributed by atoms with Gasteiger partial charge in [0.1, 0.15) is 5.76 Å². The number of benzene rings is 3.